The number of thiazole rings is 1. The third-order valence-corrected chi connectivity index (χ3v) is 8.21. The number of hydrogen-bond acceptors (Lipinski definition) is 9. The molecule has 222 valence electrons. The van der Waals surface area contributed by atoms with Gasteiger partial charge in [-0.3, -0.25) is 14.3 Å². The van der Waals surface area contributed by atoms with E-state index in [1.807, 2.05) is 18.2 Å². The first kappa shape index (κ1) is 30.0. The van der Waals surface area contributed by atoms with Gasteiger partial charge in [-0.2, -0.15) is 13.2 Å². The number of alkyl halides is 3. The predicted octanol–water partition coefficient (Wildman–Crippen LogP) is 6.09. The summed E-state index contributed by atoms with van der Waals surface area (Å²) in [5.41, 5.74) is 1.33. The highest BCUT2D eigenvalue weighted by Crippen LogP contribution is 2.34. The van der Waals surface area contributed by atoms with E-state index < -0.39 is 11.7 Å². The number of aromatic nitrogens is 5. The molecule has 3 heterocycles. The molecule has 1 amide bonds. The zero-order chi connectivity index (χ0) is 30.4. The van der Waals surface area contributed by atoms with Crippen LogP contribution >= 0.6 is 23.1 Å². The first-order chi connectivity index (χ1) is 20.8. The summed E-state index contributed by atoms with van der Waals surface area (Å²) in [7, 11) is 3.13. The van der Waals surface area contributed by atoms with Gasteiger partial charge in [-0.05, 0) is 54.4 Å². The van der Waals surface area contributed by atoms with E-state index in [9.17, 15) is 18.0 Å². The van der Waals surface area contributed by atoms with Crippen molar-refractivity contribution in [1.29, 1.82) is 0 Å². The van der Waals surface area contributed by atoms with Gasteiger partial charge >= 0.3 is 6.18 Å². The average molecular weight is 627 g/mol. The fraction of sp³-hybridized carbons (Fsp3) is 0.207. The minimum Gasteiger partial charge on any atom is -0.493 e. The molecular formula is C29H25F3N6O3S2. The Morgan fingerprint density at radius 1 is 1.05 bits per heavy atom. The van der Waals surface area contributed by atoms with Crippen molar-refractivity contribution in [2.75, 3.05) is 20.8 Å². The molecule has 0 aliphatic carbocycles. The molecule has 0 aliphatic heterocycles. The van der Waals surface area contributed by atoms with E-state index in [4.69, 9.17) is 9.47 Å². The molecule has 0 fully saturated rings. The van der Waals surface area contributed by atoms with E-state index in [1.165, 1.54) is 29.2 Å². The lowest BCUT2D eigenvalue weighted by Crippen LogP contribution is -2.26. The van der Waals surface area contributed by atoms with Crippen LogP contribution in [-0.2, 0) is 18.3 Å². The molecule has 0 unspecified atom stereocenters. The molecule has 0 bridgehead atoms. The van der Waals surface area contributed by atoms with E-state index in [0.717, 1.165) is 17.7 Å². The number of pyridine rings is 1. The van der Waals surface area contributed by atoms with Crippen molar-refractivity contribution in [2.45, 2.75) is 23.5 Å². The Kier molecular flexibility index (Phi) is 9.26. The van der Waals surface area contributed by atoms with Crippen LogP contribution in [-0.4, -0.2) is 51.4 Å². The first-order valence-corrected chi connectivity index (χ1v) is 14.7. The normalized spacial score (nSPS) is 11.4. The molecule has 14 heteroatoms. The van der Waals surface area contributed by atoms with Crippen molar-refractivity contribution >= 4 is 29.0 Å². The number of rotatable bonds is 11. The molecule has 0 saturated carbocycles. The summed E-state index contributed by atoms with van der Waals surface area (Å²) < 4.78 is 52.6. The molecule has 0 saturated heterocycles. The zero-order valence-corrected chi connectivity index (χ0v) is 24.6. The number of nitrogens with one attached hydrogen (secondary N) is 1. The maximum Gasteiger partial charge on any atom is 0.416 e. The lowest BCUT2D eigenvalue weighted by atomic mass is 10.1. The van der Waals surface area contributed by atoms with Gasteiger partial charge in [-0.1, -0.05) is 23.9 Å². The van der Waals surface area contributed by atoms with E-state index in [2.05, 4.69) is 25.5 Å². The molecule has 43 heavy (non-hydrogen) atoms. The SMILES string of the molecule is COc1ccc(CCNC(=O)c2csc(CSc3nnc(-c4cccnc4)n3-c3cccc(C(F)(F)F)c3)n2)cc1OC. The van der Waals surface area contributed by atoms with Crippen LogP contribution < -0.4 is 14.8 Å². The van der Waals surface area contributed by atoms with Gasteiger partial charge < -0.3 is 14.8 Å². The lowest BCUT2D eigenvalue weighted by molar-refractivity contribution is -0.137. The third-order valence-electron chi connectivity index (χ3n) is 6.24. The molecule has 3 aromatic heterocycles. The largest absolute Gasteiger partial charge is 0.493 e. The van der Waals surface area contributed by atoms with Crippen molar-refractivity contribution < 1.29 is 27.4 Å². The summed E-state index contributed by atoms with van der Waals surface area (Å²) in [6, 6.07) is 14.0. The third kappa shape index (κ3) is 7.14. The number of ether oxygens (including phenoxy) is 2. The van der Waals surface area contributed by atoms with E-state index in [0.29, 0.717) is 51.8 Å². The van der Waals surface area contributed by atoms with Gasteiger partial charge in [-0.25, -0.2) is 4.98 Å². The summed E-state index contributed by atoms with van der Waals surface area (Å²) in [5.74, 6) is 1.62. The maximum absolute atomic E-state index is 13.5. The van der Waals surface area contributed by atoms with Crippen LogP contribution in [0, 0.1) is 0 Å². The Morgan fingerprint density at radius 3 is 2.63 bits per heavy atom. The molecule has 5 aromatic rings. The molecule has 2 aromatic carbocycles. The minimum absolute atomic E-state index is 0.259. The number of benzene rings is 2. The first-order valence-electron chi connectivity index (χ1n) is 12.9. The zero-order valence-electron chi connectivity index (χ0n) is 23.0. The standard InChI is InChI=1S/C29H25F3N6O3S2/c1-40-23-9-8-18(13-24(23)41-2)10-12-34-27(39)22-16-42-25(35-22)17-43-28-37-36-26(19-5-4-11-33-15-19)38(28)21-7-3-6-20(14-21)29(30,31)32/h3-9,11,13-16H,10,12,17H2,1-2H3,(H,34,39). The van der Waals surface area contributed by atoms with Gasteiger partial charge in [0, 0.05) is 29.9 Å². The molecule has 0 spiro atoms. The highest BCUT2D eigenvalue weighted by atomic mass is 32.2. The van der Waals surface area contributed by atoms with Crippen molar-refractivity contribution in [3.05, 3.63) is 94.2 Å². The van der Waals surface area contributed by atoms with Gasteiger partial charge in [-0.15, -0.1) is 21.5 Å². The van der Waals surface area contributed by atoms with Gasteiger partial charge in [0.1, 0.15) is 10.7 Å². The highest BCUT2D eigenvalue weighted by molar-refractivity contribution is 7.98. The van der Waals surface area contributed by atoms with Crippen LogP contribution in [0.2, 0.25) is 0 Å². The Labute approximate surface area is 253 Å². The second kappa shape index (κ2) is 13.3. The van der Waals surface area contributed by atoms with Gasteiger partial charge in [0.25, 0.3) is 5.91 Å². The summed E-state index contributed by atoms with van der Waals surface area (Å²) >= 11 is 2.56. The molecule has 1 N–H and O–H groups in total. The minimum atomic E-state index is -4.51. The van der Waals surface area contributed by atoms with Crippen LogP contribution in [0.4, 0.5) is 13.2 Å². The maximum atomic E-state index is 13.5. The van der Waals surface area contributed by atoms with Crippen LogP contribution in [0.3, 0.4) is 0 Å². The fourth-order valence-corrected chi connectivity index (χ4v) is 5.90. The number of nitrogens with zero attached hydrogens (tertiary/aromatic N) is 5. The molecule has 5 rings (SSSR count). The Bertz CT molecular complexity index is 1710. The summed E-state index contributed by atoms with van der Waals surface area (Å²) in [4.78, 5) is 21.3. The predicted molar refractivity (Wildman–Crippen MR) is 157 cm³/mol. The van der Waals surface area contributed by atoms with E-state index >= 15 is 0 Å². The second-order valence-electron chi connectivity index (χ2n) is 9.04. The molecule has 0 atom stereocenters. The number of carbonyl (C=O) groups is 1. The van der Waals surface area contributed by atoms with Crippen molar-refractivity contribution in [1.82, 2.24) is 30.0 Å². The van der Waals surface area contributed by atoms with Crippen LogP contribution in [0.15, 0.2) is 77.5 Å². The van der Waals surface area contributed by atoms with Crippen LogP contribution in [0.1, 0.15) is 26.6 Å². The molecule has 0 radical (unpaired) electrons. The monoisotopic (exact) mass is 626 g/mol. The van der Waals surface area contributed by atoms with Gasteiger partial charge in [0.05, 0.1) is 31.2 Å². The van der Waals surface area contributed by atoms with Crippen LogP contribution in [0.5, 0.6) is 11.5 Å². The summed E-state index contributed by atoms with van der Waals surface area (Å²) in [5, 5.41) is 14.1. The fourth-order valence-electron chi connectivity index (χ4n) is 4.15. The summed E-state index contributed by atoms with van der Waals surface area (Å²) in [6.07, 6.45) is -0.759. The Hall–Kier alpha value is -4.43. The van der Waals surface area contributed by atoms with Crippen molar-refractivity contribution in [3.8, 4) is 28.6 Å². The quantitative estimate of drug-likeness (QED) is 0.176. The smallest absolute Gasteiger partial charge is 0.416 e. The number of carbonyl (C=O) groups excluding carboxylic acids is 1. The Balaban J connectivity index is 1.28. The van der Waals surface area contributed by atoms with Crippen molar-refractivity contribution in [2.24, 2.45) is 0 Å². The number of amides is 1. The van der Waals surface area contributed by atoms with E-state index in [-0.39, 0.29) is 17.3 Å². The average Bonchev–Trinajstić information content (AvgIpc) is 3.67. The van der Waals surface area contributed by atoms with Crippen molar-refractivity contribution in [3.63, 3.8) is 0 Å². The van der Waals surface area contributed by atoms with Gasteiger partial charge in [0.15, 0.2) is 22.5 Å². The molecule has 9 nitrogen and oxygen atoms in total. The molecular weight excluding hydrogens is 601 g/mol. The number of methoxy groups -OCH3 is 2. The topological polar surface area (TPSA) is 104 Å². The van der Waals surface area contributed by atoms with Gasteiger partial charge in [0.2, 0.25) is 0 Å². The molecule has 0 aliphatic rings. The number of halogens is 3. The van der Waals surface area contributed by atoms with E-state index in [1.54, 1.807) is 54.8 Å². The number of thioether (sulfide) groups is 1. The van der Waals surface area contributed by atoms with Crippen LogP contribution in [0.25, 0.3) is 17.1 Å². The second-order valence-corrected chi connectivity index (χ2v) is 10.9. The highest BCUT2D eigenvalue weighted by Gasteiger charge is 2.31. The Morgan fingerprint density at radius 2 is 1.88 bits per heavy atom. The lowest BCUT2D eigenvalue weighted by Gasteiger charge is -2.13. The summed E-state index contributed by atoms with van der Waals surface area (Å²) in [6.45, 7) is 0.396. The number of hydrogen-bond donors (Lipinski definition) is 1.